The highest BCUT2D eigenvalue weighted by Gasteiger charge is 2.36. The molecule has 9 heteroatoms. The lowest BCUT2D eigenvalue weighted by atomic mass is 9.94. The molecule has 1 N–H and O–H groups in total. The van der Waals surface area contributed by atoms with Crippen molar-refractivity contribution in [2.45, 2.75) is 13.0 Å². The number of anilines is 1. The summed E-state index contributed by atoms with van der Waals surface area (Å²) < 4.78 is 30.2. The van der Waals surface area contributed by atoms with Crippen LogP contribution in [-0.4, -0.2) is 30.4 Å². The topological polar surface area (TPSA) is 89.7 Å². The Bertz CT molecular complexity index is 1450. The van der Waals surface area contributed by atoms with Crippen LogP contribution in [0.5, 0.6) is 11.5 Å². The van der Waals surface area contributed by atoms with Crippen LogP contribution >= 0.6 is 0 Å². The van der Waals surface area contributed by atoms with Crippen molar-refractivity contribution in [3.05, 3.63) is 95.8 Å². The number of methoxy groups -OCH3 is 2. The third-order valence-corrected chi connectivity index (χ3v) is 5.98. The molecule has 5 rings (SSSR count). The van der Waals surface area contributed by atoms with Gasteiger partial charge in [-0.2, -0.15) is 4.98 Å². The minimum absolute atomic E-state index is 0.214. The number of halogens is 1. The number of carbonyl (C=O) groups excluding carboxylic acids is 1. The van der Waals surface area contributed by atoms with E-state index >= 15 is 0 Å². The fourth-order valence-electron chi connectivity index (χ4n) is 4.27. The smallest absolute Gasteiger partial charge is 0.327 e. The molecule has 2 heterocycles. The van der Waals surface area contributed by atoms with Gasteiger partial charge in [0, 0.05) is 17.3 Å². The van der Waals surface area contributed by atoms with Crippen LogP contribution in [0.1, 0.15) is 24.4 Å². The maximum absolute atomic E-state index is 13.8. The van der Waals surface area contributed by atoms with Crippen LogP contribution in [0.15, 0.2) is 83.0 Å². The van der Waals surface area contributed by atoms with E-state index in [2.05, 4.69) is 15.5 Å². The first-order valence-corrected chi connectivity index (χ1v) is 11.2. The molecule has 0 radical (unpaired) electrons. The van der Waals surface area contributed by atoms with Gasteiger partial charge in [-0.15, -0.1) is 0 Å². The summed E-state index contributed by atoms with van der Waals surface area (Å²) in [6.45, 7) is 1.81. The first-order valence-electron chi connectivity index (χ1n) is 11.2. The van der Waals surface area contributed by atoms with Gasteiger partial charge in [0.05, 0.1) is 31.5 Å². The van der Waals surface area contributed by atoms with E-state index in [0.717, 1.165) is 5.56 Å². The molecule has 3 aromatic carbocycles. The summed E-state index contributed by atoms with van der Waals surface area (Å²) in [5.41, 5.74) is 3.10. The summed E-state index contributed by atoms with van der Waals surface area (Å²) in [7, 11) is 3.08. The number of hydrogen-bond acceptors (Lipinski definition) is 6. The van der Waals surface area contributed by atoms with Crippen molar-refractivity contribution in [2.75, 3.05) is 19.1 Å². The summed E-state index contributed by atoms with van der Waals surface area (Å²) in [4.78, 5) is 19.5. The largest absolute Gasteiger partial charge is 0.493 e. The third-order valence-electron chi connectivity index (χ3n) is 5.98. The number of allylic oxidation sites excluding steroid dienone is 1. The summed E-state index contributed by atoms with van der Waals surface area (Å²) in [6.07, 6.45) is 0. The van der Waals surface area contributed by atoms with Crippen molar-refractivity contribution in [3.8, 4) is 22.9 Å². The third kappa shape index (κ3) is 4.15. The predicted octanol–water partition coefficient (Wildman–Crippen LogP) is 5.60. The van der Waals surface area contributed by atoms with Gasteiger partial charge in [-0.1, -0.05) is 47.6 Å². The molecular weight excluding hydrogens is 463 g/mol. The van der Waals surface area contributed by atoms with Gasteiger partial charge in [0.25, 0.3) is 5.89 Å². The zero-order chi connectivity index (χ0) is 25.2. The Hall–Kier alpha value is -4.66. The lowest BCUT2D eigenvalue weighted by molar-refractivity contribution is 0.244. The van der Waals surface area contributed by atoms with Crippen LogP contribution in [0.3, 0.4) is 0 Å². The molecule has 182 valence electrons. The highest BCUT2D eigenvalue weighted by Crippen LogP contribution is 2.41. The number of nitrogens with zero attached hydrogens (tertiary/aromatic N) is 3. The number of aromatic nitrogens is 2. The van der Waals surface area contributed by atoms with E-state index in [1.54, 1.807) is 37.4 Å². The van der Waals surface area contributed by atoms with Crippen molar-refractivity contribution in [1.29, 1.82) is 0 Å². The molecular formula is C27H23FN4O4. The quantitative estimate of drug-likeness (QED) is 0.382. The maximum atomic E-state index is 13.8. The Kier molecular flexibility index (Phi) is 6.12. The predicted molar refractivity (Wildman–Crippen MR) is 132 cm³/mol. The molecule has 0 fully saturated rings. The molecule has 1 aromatic heterocycles. The second kappa shape index (κ2) is 9.53. The zero-order valence-corrected chi connectivity index (χ0v) is 19.9. The standard InChI is InChI=1S/C27H23FN4O4/c1-16-23(26-30-25(31-36-26)18-10-7-11-19(28)14-18)24(17-8-5-4-6-9-17)29-27(33)32(16)20-12-13-21(34-2)22(15-20)35-3/h4-15,24H,1-3H3,(H,29,33). The fourth-order valence-corrected chi connectivity index (χ4v) is 4.27. The number of benzene rings is 3. The van der Waals surface area contributed by atoms with Gasteiger partial charge < -0.3 is 19.3 Å². The van der Waals surface area contributed by atoms with Gasteiger partial charge in [0.2, 0.25) is 5.82 Å². The molecule has 0 saturated carbocycles. The Morgan fingerprint density at radius 3 is 2.47 bits per heavy atom. The Labute approximate surface area is 207 Å². The van der Waals surface area contributed by atoms with E-state index in [4.69, 9.17) is 14.0 Å². The van der Waals surface area contributed by atoms with Gasteiger partial charge >= 0.3 is 6.03 Å². The van der Waals surface area contributed by atoms with Crippen LogP contribution in [0.2, 0.25) is 0 Å². The van der Waals surface area contributed by atoms with E-state index in [0.29, 0.717) is 34.0 Å². The maximum Gasteiger partial charge on any atom is 0.327 e. The van der Waals surface area contributed by atoms with Crippen LogP contribution in [0.25, 0.3) is 17.0 Å². The van der Waals surface area contributed by atoms with Gasteiger partial charge in [-0.3, -0.25) is 4.90 Å². The van der Waals surface area contributed by atoms with Crippen LogP contribution in [0, 0.1) is 5.82 Å². The SMILES string of the molecule is COc1ccc(N2C(=O)NC(c3ccccc3)C(c3nc(-c4cccc(F)c4)no3)=C2C)cc1OC. The van der Waals surface area contributed by atoms with Gasteiger partial charge in [0.15, 0.2) is 11.5 Å². The van der Waals surface area contributed by atoms with Crippen LogP contribution < -0.4 is 19.7 Å². The molecule has 2 amide bonds. The Morgan fingerprint density at radius 2 is 1.75 bits per heavy atom. The molecule has 1 aliphatic heterocycles. The number of ether oxygens (including phenoxy) is 2. The average Bonchev–Trinajstić information content (AvgIpc) is 3.38. The zero-order valence-electron chi connectivity index (χ0n) is 19.9. The number of amides is 2. The minimum atomic E-state index is -0.545. The molecule has 0 saturated heterocycles. The van der Waals surface area contributed by atoms with Gasteiger partial charge in [-0.25, -0.2) is 9.18 Å². The fraction of sp³-hybridized carbons (Fsp3) is 0.148. The summed E-state index contributed by atoms with van der Waals surface area (Å²) in [5.74, 6) is 1.08. The Balaban J connectivity index is 1.65. The highest BCUT2D eigenvalue weighted by atomic mass is 19.1. The second-order valence-corrected chi connectivity index (χ2v) is 8.10. The molecule has 1 atom stereocenters. The minimum Gasteiger partial charge on any atom is -0.493 e. The number of carbonyl (C=O) groups is 1. The van der Waals surface area contributed by atoms with E-state index in [1.807, 2.05) is 37.3 Å². The number of hydrogen-bond donors (Lipinski definition) is 1. The molecule has 8 nitrogen and oxygen atoms in total. The van der Waals surface area contributed by atoms with Gasteiger partial charge in [-0.05, 0) is 36.8 Å². The van der Waals surface area contributed by atoms with E-state index in [1.165, 1.54) is 24.1 Å². The molecule has 36 heavy (non-hydrogen) atoms. The van der Waals surface area contributed by atoms with Gasteiger partial charge in [0.1, 0.15) is 5.82 Å². The molecule has 4 aromatic rings. The van der Waals surface area contributed by atoms with Crippen molar-refractivity contribution in [3.63, 3.8) is 0 Å². The van der Waals surface area contributed by atoms with Crippen molar-refractivity contribution in [2.24, 2.45) is 0 Å². The number of rotatable bonds is 6. The lowest BCUT2D eigenvalue weighted by Gasteiger charge is -2.35. The molecule has 1 aliphatic rings. The van der Waals surface area contributed by atoms with E-state index in [-0.39, 0.29) is 17.7 Å². The van der Waals surface area contributed by atoms with Crippen molar-refractivity contribution >= 4 is 17.3 Å². The monoisotopic (exact) mass is 486 g/mol. The normalized spacial score (nSPS) is 15.6. The first kappa shape index (κ1) is 23.1. The molecule has 1 unspecified atom stereocenters. The molecule has 0 bridgehead atoms. The first-order chi connectivity index (χ1) is 17.5. The van der Waals surface area contributed by atoms with Crippen molar-refractivity contribution < 1.29 is 23.2 Å². The highest BCUT2D eigenvalue weighted by molar-refractivity contribution is 6.01. The van der Waals surface area contributed by atoms with Crippen LogP contribution in [-0.2, 0) is 0 Å². The van der Waals surface area contributed by atoms with E-state index < -0.39 is 11.9 Å². The van der Waals surface area contributed by atoms with E-state index in [9.17, 15) is 9.18 Å². The molecule has 0 spiro atoms. The van der Waals surface area contributed by atoms with Crippen LogP contribution in [0.4, 0.5) is 14.9 Å². The number of urea groups is 1. The molecule has 0 aliphatic carbocycles. The Morgan fingerprint density at radius 1 is 0.972 bits per heavy atom. The second-order valence-electron chi connectivity index (χ2n) is 8.10. The summed E-state index contributed by atoms with van der Waals surface area (Å²) in [6, 6.07) is 19.8. The number of nitrogens with one attached hydrogen (secondary N) is 1. The average molecular weight is 487 g/mol. The lowest BCUT2D eigenvalue weighted by Crippen LogP contribution is -2.46. The van der Waals surface area contributed by atoms with Crippen molar-refractivity contribution in [1.82, 2.24) is 15.5 Å². The summed E-state index contributed by atoms with van der Waals surface area (Å²) >= 11 is 0. The summed E-state index contributed by atoms with van der Waals surface area (Å²) in [5, 5.41) is 7.13.